The zero-order chi connectivity index (χ0) is 18.8. The predicted octanol–water partition coefficient (Wildman–Crippen LogP) is 2.69. The summed E-state index contributed by atoms with van der Waals surface area (Å²) >= 11 is 0. The average molecular weight is 372 g/mol. The van der Waals surface area contributed by atoms with Crippen LogP contribution >= 0.6 is 0 Å². The summed E-state index contributed by atoms with van der Waals surface area (Å²) in [6.07, 6.45) is -0.737. The fraction of sp³-hybridized carbons (Fsp3) is 0.500. The lowest BCUT2D eigenvalue weighted by Gasteiger charge is -2.23. The number of rotatable bonds is 4. The maximum atomic E-state index is 12.9. The zero-order valence-corrected chi connectivity index (χ0v) is 15.1. The van der Waals surface area contributed by atoms with Crippen LogP contribution in [-0.4, -0.2) is 38.3 Å². The van der Waals surface area contributed by atoms with E-state index in [9.17, 15) is 21.9 Å². The van der Waals surface area contributed by atoms with E-state index >= 15 is 0 Å². The minimum absolute atomic E-state index is 0.0645. The van der Waals surface area contributed by atoms with Gasteiger partial charge in [-0.2, -0.15) is 8.42 Å². The number of carbonyl (C=O) groups excluding carboxylic acids is 2. The number of anilines is 2. The topological polar surface area (TPSA) is 92.8 Å². The molecule has 1 aromatic rings. The highest BCUT2D eigenvalue weighted by Crippen LogP contribution is 2.32. The van der Waals surface area contributed by atoms with Gasteiger partial charge in [-0.1, -0.05) is 12.1 Å². The highest BCUT2D eigenvalue weighted by Gasteiger charge is 2.34. The molecule has 1 N–H and O–H groups in total. The molecule has 2 amide bonds. The van der Waals surface area contributed by atoms with E-state index < -0.39 is 33.6 Å². The molecule has 0 radical (unpaired) electrons. The van der Waals surface area contributed by atoms with Crippen LogP contribution in [0.5, 0.6) is 0 Å². The maximum Gasteiger partial charge on any atom is 0.412 e. The summed E-state index contributed by atoms with van der Waals surface area (Å²) in [5.74, 6) is -1.65. The number of halogens is 1. The number of nitrogens with one attached hydrogen (secondary N) is 1. The van der Waals surface area contributed by atoms with Crippen molar-refractivity contribution < 1.29 is 26.6 Å². The Balaban J connectivity index is 2.17. The van der Waals surface area contributed by atoms with Gasteiger partial charge in [0.05, 0.1) is 17.1 Å². The molecule has 2 rings (SSSR count). The number of hydrogen-bond donors (Lipinski definition) is 1. The van der Waals surface area contributed by atoms with E-state index in [1.807, 2.05) is 0 Å². The fourth-order valence-electron chi connectivity index (χ4n) is 2.64. The van der Waals surface area contributed by atoms with Crippen molar-refractivity contribution in [2.45, 2.75) is 32.8 Å². The van der Waals surface area contributed by atoms with Gasteiger partial charge in [0.25, 0.3) is 0 Å². The van der Waals surface area contributed by atoms with E-state index in [1.54, 1.807) is 45.0 Å². The Bertz CT molecular complexity index is 773. The monoisotopic (exact) mass is 372 g/mol. The molecule has 1 aliphatic heterocycles. The van der Waals surface area contributed by atoms with Gasteiger partial charge in [0.15, 0.2) is 0 Å². The van der Waals surface area contributed by atoms with Crippen molar-refractivity contribution in [3.63, 3.8) is 0 Å². The third-order valence-electron chi connectivity index (χ3n) is 3.47. The molecule has 25 heavy (non-hydrogen) atoms. The lowest BCUT2D eigenvalue weighted by atomic mass is 10.1. The van der Waals surface area contributed by atoms with Crippen LogP contribution in [0.4, 0.5) is 20.1 Å². The SMILES string of the molecule is CC(C)(C)OC(=O)Nc1ccccc1N1CC(CS(=O)(=O)F)CC1=O. The second kappa shape index (κ2) is 6.99. The Morgan fingerprint density at radius 1 is 1.36 bits per heavy atom. The van der Waals surface area contributed by atoms with Gasteiger partial charge in [-0.05, 0) is 32.9 Å². The van der Waals surface area contributed by atoms with Gasteiger partial charge >= 0.3 is 16.3 Å². The first kappa shape index (κ1) is 19.2. The summed E-state index contributed by atoms with van der Waals surface area (Å²) in [5.41, 5.74) is 0.0919. The molecule has 1 atom stereocenters. The molecular formula is C16H21FN2O5S. The smallest absolute Gasteiger partial charge is 0.412 e. The molecule has 1 fully saturated rings. The van der Waals surface area contributed by atoms with Crippen LogP contribution in [0.3, 0.4) is 0 Å². The first-order valence-electron chi connectivity index (χ1n) is 7.76. The van der Waals surface area contributed by atoms with E-state index in [4.69, 9.17) is 4.74 Å². The summed E-state index contributed by atoms with van der Waals surface area (Å²) in [4.78, 5) is 25.5. The van der Waals surface area contributed by atoms with Crippen molar-refractivity contribution in [2.24, 2.45) is 5.92 Å². The van der Waals surface area contributed by atoms with Gasteiger partial charge in [-0.15, -0.1) is 3.89 Å². The largest absolute Gasteiger partial charge is 0.444 e. The van der Waals surface area contributed by atoms with Gasteiger partial charge < -0.3 is 9.64 Å². The summed E-state index contributed by atoms with van der Waals surface area (Å²) in [5, 5.41) is 2.58. The molecule has 1 saturated heterocycles. The van der Waals surface area contributed by atoms with Gasteiger partial charge in [0.1, 0.15) is 5.60 Å². The molecule has 0 spiro atoms. The van der Waals surface area contributed by atoms with Gasteiger partial charge in [0.2, 0.25) is 5.91 Å². The number of para-hydroxylation sites is 2. The van der Waals surface area contributed by atoms with Crippen molar-refractivity contribution in [1.29, 1.82) is 0 Å². The second-order valence-corrected chi connectivity index (χ2v) is 8.34. The first-order chi connectivity index (χ1) is 11.4. The number of hydrogen-bond acceptors (Lipinski definition) is 5. The molecule has 1 aromatic carbocycles. The molecule has 138 valence electrons. The molecule has 0 saturated carbocycles. The zero-order valence-electron chi connectivity index (χ0n) is 14.3. The van der Waals surface area contributed by atoms with Crippen LogP contribution in [0.25, 0.3) is 0 Å². The van der Waals surface area contributed by atoms with Crippen LogP contribution < -0.4 is 10.2 Å². The Labute approximate surface area is 146 Å². The molecular weight excluding hydrogens is 351 g/mol. The Hall–Kier alpha value is -2.16. The van der Waals surface area contributed by atoms with E-state index in [-0.39, 0.29) is 18.9 Å². The molecule has 1 aliphatic rings. The molecule has 0 aliphatic carbocycles. The van der Waals surface area contributed by atoms with Crippen LogP contribution in [-0.2, 0) is 19.8 Å². The van der Waals surface area contributed by atoms with Crippen molar-refractivity contribution in [3.05, 3.63) is 24.3 Å². The fourth-order valence-corrected chi connectivity index (χ4v) is 3.42. The highest BCUT2D eigenvalue weighted by atomic mass is 32.3. The standard InChI is InChI=1S/C16H21FN2O5S/c1-16(2,3)24-15(21)18-12-6-4-5-7-13(12)19-9-11(8-14(19)20)10-25(17,22)23/h4-7,11H,8-10H2,1-3H3,(H,18,21). The van der Waals surface area contributed by atoms with E-state index in [0.717, 1.165) is 0 Å². The summed E-state index contributed by atoms with van der Waals surface area (Å²) in [6, 6.07) is 6.59. The van der Waals surface area contributed by atoms with Crippen LogP contribution in [0.15, 0.2) is 24.3 Å². The molecule has 7 nitrogen and oxygen atoms in total. The lowest BCUT2D eigenvalue weighted by Crippen LogP contribution is -2.29. The Morgan fingerprint density at radius 3 is 2.60 bits per heavy atom. The summed E-state index contributed by atoms with van der Waals surface area (Å²) in [6.45, 7) is 5.24. The second-order valence-electron chi connectivity index (χ2n) is 6.92. The van der Waals surface area contributed by atoms with Gasteiger partial charge in [-0.25, -0.2) is 4.79 Å². The quantitative estimate of drug-likeness (QED) is 0.820. The Kier molecular flexibility index (Phi) is 5.36. The normalized spacial score (nSPS) is 18.3. The van der Waals surface area contributed by atoms with Gasteiger partial charge in [-0.3, -0.25) is 10.1 Å². The Morgan fingerprint density at radius 2 is 2.00 bits per heavy atom. The number of nitrogens with zero attached hydrogens (tertiary/aromatic N) is 1. The maximum absolute atomic E-state index is 12.9. The highest BCUT2D eigenvalue weighted by molar-refractivity contribution is 7.86. The van der Waals surface area contributed by atoms with Gasteiger partial charge in [0, 0.05) is 18.9 Å². The molecule has 1 heterocycles. The minimum atomic E-state index is -4.65. The first-order valence-corrected chi connectivity index (χ1v) is 9.31. The molecule has 0 aromatic heterocycles. The number of ether oxygens (including phenoxy) is 1. The van der Waals surface area contributed by atoms with Crippen molar-refractivity contribution in [2.75, 3.05) is 22.5 Å². The van der Waals surface area contributed by atoms with E-state index in [0.29, 0.717) is 11.4 Å². The third kappa shape index (κ3) is 5.70. The van der Waals surface area contributed by atoms with Crippen molar-refractivity contribution in [1.82, 2.24) is 0 Å². The third-order valence-corrected chi connectivity index (χ3v) is 4.34. The predicted molar refractivity (Wildman–Crippen MR) is 91.7 cm³/mol. The van der Waals surface area contributed by atoms with Crippen molar-refractivity contribution in [3.8, 4) is 0 Å². The lowest BCUT2D eigenvalue weighted by molar-refractivity contribution is -0.117. The number of benzene rings is 1. The summed E-state index contributed by atoms with van der Waals surface area (Å²) in [7, 11) is -4.65. The van der Waals surface area contributed by atoms with Crippen LogP contribution in [0.2, 0.25) is 0 Å². The number of carbonyl (C=O) groups is 2. The average Bonchev–Trinajstić information content (AvgIpc) is 2.75. The molecule has 1 unspecified atom stereocenters. The van der Waals surface area contributed by atoms with Crippen LogP contribution in [0.1, 0.15) is 27.2 Å². The van der Waals surface area contributed by atoms with Crippen molar-refractivity contribution >= 4 is 33.6 Å². The van der Waals surface area contributed by atoms with E-state index in [1.165, 1.54) is 4.90 Å². The molecule has 9 heteroatoms. The minimum Gasteiger partial charge on any atom is -0.444 e. The molecule has 0 bridgehead atoms. The summed E-state index contributed by atoms with van der Waals surface area (Å²) < 4.78 is 39.7. The number of amides is 2. The van der Waals surface area contributed by atoms with Crippen LogP contribution in [0, 0.1) is 5.92 Å². The van der Waals surface area contributed by atoms with E-state index in [2.05, 4.69) is 5.32 Å².